The monoisotopic (exact) mass is 407 g/mol. The van der Waals surface area contributed by atoms with Crippen LogP contribution < -0.4 is 0 Å². The second-order valence-electron chi connectivity index (χ2n) is 8.35. The molecule has 1 amide bonds. The maximum Gasteiger partial charge on any atom is 0.411 e. The molecule has 0 fully saturated rings. The van der Waals surface area contributed by atoms with Gasteiger partial charge in [-0.05, 0) is 44.9 Å². The van der Waals surface area contributed by atoms with Gasteiger partial charge in [-0.2, -0.15) is 0 Å². The van der Waals surface area contributed by atoms with Crippen LogP contribution in [0.15, 0.2) is 24.3 Å². The maximum absolute atomic E-state index is 12.9. The lowest BCUT2D eigenvalue weighted by Gasteiger charge is -2.32. The molecule has 0 saturated carbocycles. The van der Waals surface area contributed by atoms with Gasteiger partial charge in [-0.1, -0.05) is 51.2 Å². The van der Waals surface area contributed by atoms with Gasteiger partial charge in [0.15, 0.2) is 0 Å². The Balaban J connectivity index is 2.95. The van der Waals surface area contributed by atoms with E-state index in [1.807, 2.05) is 0 Å². The number of carbonyl (C=O) groups excluding carboxylic acids is 2. The third-order valence-corrected chi connectivity index (χ3v) is 4.60. The third kappa shape index (κ3) is 9.68. The summed E-state index contributed by atoms with van der Waals surface area (Å²) >= 11 is 0. The van der Waals surface area contributed by atoms with Crippen molar-refractivity contribution in [3.05, 3.63) is 29.8 Å². The predicted octanol–water partition coefficient (Wildman–Crippen LogP) is 5.07. The number of amides is 1. The third-order valence-electron chi connectivity index (χ3n) is 4.60. The second-order valence-corrected chi connectivity index (χ2v) is 8.35. The number of phenolic OH excluding ortho intramolecular Hbond substituents is 1. The van der Waals surface area contributed by atoms with E-state index in [1.54, 1.807) is 45.0 Å². The van der Waals surface area contributed by atoms with Crippen molar-refractivity contribution in [3.63, 3.8) is 0 Å². The number of hydrogen-bond acceptors (Lipinski definition) is 5. The Morgan fingerprint density at radius 2 is 1.62 bits per heavy atom. The Morgan fingerprint density at radius 1 is 1.03 bits per heavy atom. The lowest BCUT2D eigenvalue weighted by molar-refractivity contribution is -0.146. The number of esters is 1. The number of nitrogens with zero attached hydrogens (tertiary/aromatic N) is 1. The number of rotatable bonds is 11. The van der Waals surface area contributed by atoms with E-state index in [0.717, 1.165) is 24.8 Å². The largest absolute Gasteiger partial charge is 0.508 e. The van der Waals surface area contributed by atoms with Crippen LogP contribution in [0.5, 0.6) is 5.75 Å². The van der Waals surface area contributed by atoms with Crippen molar-refractivity contribution in [2.45, 2.75) is 84.3 Å². The minimum atomic E-state index is -0.782. The molecule has 0 saturated heterocycles. The molecule has 1 aromatic rings. The predicted molar refractivity (Wildman–Crippen MR) is 114 cm³/mol. The van der Waals surface area contributed by atoms with Gasteiger partial charge in [-0.25, -0.2) is 9.59 Å². The summed E-state index contributed by atoms with van der Waals surface area (Å²) in [6.07, 6.45) is 6.25. The zero-order chi connectivity index (χ0) is 21.9. The smallest absolute Gasteiger partial charge is 0.411 e. The highest BCUT2D eigenvalue weighted by Gasteiger charge is 2.33. The molecule has 1 aromatic carbocycles. The van der Waals surface area contributed by atoms with Gasteiger partial charge in [0.1, 0.15) is 17.4 Å². The van der Waals surface area contributed by atoms with Crippen LogP contribution in [-0.4, -0.2) is 47.4 Å². The van der Waals surface area contributed by atoms with E-state index in [9.17, 15) is 14.7 Å². The van der Waals surface area contributed by atoms with Crippen molar-refractivity contribution in [2.24, 2.45) is 0 Å². The Bertz CT molecular complexity index is 621. The zero-order valence-corrected chi connectivity index (χ0v) is 18.6. The number of ether oxygens (including phenoxy) is 2. The van der Waals surface area contributed by atoms with Gasteiger partial charge in [0.25, 0.3) is 0 Å². The van der Waals surface area contributed by atoms with Gasteiger partial charge in [0, 0.05) is 13.0 Å². The quantitative estimate of drug-likeness (QED) is 0.409. The SMILES string of the molecule is CCCCCCCCN(C(=O)OC(C)(C)C)[C@H](Cc1ccc(O)cc1)C(=O)OC. The van der Waals surface area contributed by atoms with Crippen molar-refractivity contribution < 1.29 is 24.2 Å². The first-order valence-corrected chi connectivity index (χ1v) is 10.5. The van der Waals surface area contributed by atoms with Crippen LogP contribution in [0, 0.1) is 0 Å². The first kappa shape index (κ1) is 24.8. The molecule has 1 atom stereocenters. The van der Waals surface area contributed by atoms with Gasteiger partial charge in [0.2, 0.25) is 0 Å². The van der Waals surface area contributed by atoms with E-state index in [2.05, 4.69) is 6.92 Å². The number of aromatic hydroxyl groups is 1. The molecular weight excluding hydrogens is 370 g/mol. The molecule has 164 valence electrons. The van der Waals surface area contributed by atoms with Gasteiger partial charge >= 0.3 is 12.1 Å². The van der Waals surface area contributed by atoms with E-state index >= 15 is 0 Å². The summed E-state index contributed by atoms with van der Waals surface area (Å²) in [5, 5.41) is 9.50. The molecule has 0 aromatic heterocycles. The number of phenols is 1. The topological polar surface area (TPSA) is 76.1 Å². The standard InChI is InChI=1S/C23H37NO5/c1-6-7-8-9-10-11-16-24(22(27)29-23(2,3)4)20(21(26)28-5)17-18-12-14-19(25)15-13-18/h12-15,20,25H,6-11,16-17H2,1-5H3/t20-/m1/s1. The Kier molecular flexibility index (Phi) is 10.6. The van der Waals surface area contributed by atoms with Gasteiger partial charge in [0.05, 0.1) is 7.11 Å². The average Bonchev–Trinajstić information content (AvgIpc) is 2.65. The molecule has 29 heavy (non-hydrogen) atoms. The number of carbonyl (C=O) groups is 2. The minimum absolute atomic E-state index is 0.152. The molecule has 1 rings (SSSR count). The van der Waals surface area contributed by atoms with Gasteiger partial charge in [-0.15, -0.1) is 0 Å². The highest BCUT2D eigenvalue weighted by atomic mass is 16.6. The fourth-order valence-electron chi connectivity index (χ4n) is 3.07. The summed E-state index contributed by atoms with van der Waals surface area (Å²) in [6.45, 7) is 8.02. The van der Waals surface area contributed by atoms with Crippen LogP contribution in [0.3, 0.4) is 0 Å². The molecule has 0 spiro atoms. The van der Waals surface area contributed by atoms with Crippen molar-refractivity contribution >= 4 is 12.1 Å². The Hall–Kier alpha value is -2.24. The molecular formula is C23H37NO5. The van der Waals surface area contributed by atoms with Crippen LogP contribution in [0.1, 0.15) is 71.8 Å². The summed E-state index contributed by atoms with van der Waals surface area (Å²) in [4.78, 5) is 26.9. The maximum atomic E-state index is 12.9. The Labute approximate surface area is 175 Å². The van der Waals surface area contributed by atoms with Crippen LogP contribution in [0.25, 0.3) is 0 Å². The normalized spacial score (nSPS) is 12.3. The zero-order valence-electron chi connectivity index (χ0n) is 18.6. The highest BCUT2D eigenvalue weighted by Crippen LogP contribution is 2.19. The molecule has 0 aliphatic heterocycles. The Morgan fingerprint density at radius 3 is 2.17 bits per heavy atom. The molecule has 0 aliphatic carbocycles. The minimum Gasteiger partial charge on any atom is -0.508 e. The number of hydrogen-bond donors (Lipinski definition) is 1. The van der Waals surface area contributed by atoms with Crippen LogP contribution >= 0.6 is 0 Å². The van der Waals surface area contributed by atoms with Crippen molar-refractivity contribution in [1.29, 1.82) is 0 Å². The van der Waals surface area contributed by atoms with E-state index in [-0.39, 0.29) is 5.75 Å². The van der Waals surface area contributed by atoms with Crippen LogP contribution in [-0.2, 0) is 20.7 Å². The molecule has 1 N–H and O–H groups in total. The molecule has 6 heteroatoms. The summed E-state index contributed by atoms with van der Waals surface area (Å²) < 4.78 is 10.6. The van der Waals surface area contributed by atoms with Crippen molar-refractivity contribution in [1.82, 2.24) is 4.90 Å². The first-order chi connectivity index (χ1) is 13.7. The lowest BCUT2D eigenvalue weighted by atomic mass is 10.0. The average molecular weight is 408 g/mol. The number of unbranched alkanes of at least 4 members (excludes halogenated alkanes) is 5. The van der Waals surface area contributed by atoms with Crippen molar-refractivity contribution in [3.8, 4) is 5.75 Å². The van der Waals surface area contributed by atoms with Gasteiger partial charge in [-0.3, -0.25) is 4.90 Å². The molecule has 6 nitrogen and oxygen atoms in total. The van der Waals surface area contributed by atoms with Crippen molar-refractivity contribution in [2.75, 3.05) is 13.7 Å². The number of benzene rings is 1. The summed E-state index contributed by atoms with van der Waals surface area (Å²) in [6, 6.07) is 5.83. The van der Waals surface area contributed by atoms with Crippen LogP contribution in [0.2, 0.25) is 0 Å². The van der Waals surface area contributed by atoms with E-state index < -0.39 is 23.7 Å². The fraction of sp³-hybridized carbons (Fsp3) is 0.652. The molecule has 0 unspecified atom stereocenters. The van der Waals surface area contributed by atoms with Gasteiger partial charge < -0.3 is 14.6 Å². The van der Waals surface area contributed by atoms with Crippen LogP contribution in [0.4, 0.5) is 4.79 Å². The molecule has 0 heterocycles. The second kappa shape index (κ2) is 12.3. The summed E-state index contributed by atoms with van der Waals surface area (Å²) in [5.74, 6) is -0.325. The molecule has 0 bridgehead atoms. The molecule has 0 radical (unpaired) electrons. The lowest BCUT2D eigenvalue weighted by Crippen LogP contribution is -2.49. The summed E-state index contributed by atoms with van der Waals surface area (Å²) in [5.41, 5.74) is 0.171. The highest BCUT2D eigenvalue weighted by molar-refractivity contribution is 5.81. The van der Waals surface area contributed by atoms with E-state index in [4.69, 9.17) is 9.47 Å². The molecule has 0 aliphatic rings. The number of methoxy groups -OCH3 is 1. The van der Waals surface area contributed by atoms with E-state index in [0.29, 0.717) is 13.0 Å². The van der Waals surface area contributed by atoms with E-state index in [1.165, 1.54) is 31.3 Å². The fourth-order valence-corrected chi connectivity index (χ4v) is 3.07. The summed E-state index contributed by atoms with van der Waals surface area (Å²) in [7, 11) is 1.32. The first-order valence-electron chi connectivity index (χ1n) is 10.5.